The van der Waals surface area contributed by atoms with Crippen LogP contribution >= 0.6 is 0 Å². The van der Waals surface area contributed by atoms with Gasteiger partial charge in [0.25, 0.3) is 0 Å². The monoisotopic (exact) mass is 299 g/mol. The molecule has 0 fully saturated rings. The Bertz CT molecular complexity index is 415. The van der Waals surface area contributed by atoms with Crippen LogP contribution < -0.4 is 5.32 Å². The summed E-state index contributed by atoms with van der Waals surface area (Å²) in [5.74, 6) is -0.936. The number of nitrogens with one attached hydrogen (secondary N) is 1. The van der Waals surface area contributed by atoms with Crippen LogP contribution in [0.5, 0.6) is 0 Å². The van der Waals surface area contributed by atoms with Crippen molar-refractivity contribution in [2.75, 3.05) is 13.7 Å². The third-order valence-corrected chi connectivity index (χ3v) is 3.84. The smallest absolute Gasteiger partial charge is 0.129 e. The average Bonchev–Trinajstić information content (AvgIpc) is 2.45. The van der Waals surface area contributed by atoms with E-state index in [0.29, 0.717) is 6.42 Å². The van der Waals surface area contributed by atoms with Crippen molar-refractivity contribution in [2.24, 2.45) is 0 Å². The molecule has 1 rings (SSSR count). The van der Waals surface area contributed by atoms with E-state index < -0.39 is 11.6 Å². The largest absolute Gasteiger partial charge is 0.379 e. The molecule has 0 aliphatic heterocycles. The maximum Gasteiger partial charge on any atom is 0.129 e. The van der Waals surface area contributed by atoms with Crippen molar-refractivity contribution in [3.05, 3.63) is 35.4 Å². The Kier molecular flexibility index (Phi) is 7.26. The van der Waals surface area contributed by atoms with Crippen LogP contribution in [0.25, 0.3) is 0 Å². The van der Waals surface area contributed by atoms with Crippen LogP contribution in [0.3, 0.4) is 0 Å². The number of hydrogen-bond donors (Lipinski definition) is 1. The van der Waals surface area contributed by atoms with Crippen LogP contribution in [0.2, 0.25) is 0 Å². The standard InChI is InChI=1S/C17H27F2NO/c1-5-11-20-13(9-10-17(2,3)21-4)12-14-15(18)7-6-8-16(14)19/h6-8,13,20H,5,9-12H2,1-4H3. The zero-order valence-corrected chi connectivity index (χ0v) is 13.5. The molecule has 1 atom stereocenters. The molecular weight excluding hydrogens is 272 g/mol. The summed E-state index contributed by atoms with van der Waals surface area (Å²) in [6.07, 6.45) is 3.00. The van der Waals surface area contributed by atoms with E-state index in [0.717, 1.165) is 25.8 Å². The van der Waals surface area contributed by atoms with Crippen LogP contribution in [-0.2, 0) is 11.2 Å². The first-order chi connectivity index (χ1) is 9.89. The summed E-state index contributed by atoms with van der Waals surface area (Å²) in [6, 6.07) is 4.07. The van der Waals surface area contributed by atoms with Gasteiger partial charge < -0.3 is 10.1 Å². The molecule has 0 radical (unpaired) electrons. The Hall–Kier alpha value is -1.00. The molecular formula is C17H27F2NO. The lowest BCUT2D eigenvalue weighted by Crippen LogP contribution is -2.35. The first-order valence-electron chi connectivity index (χ1n) is 7.61. The SMILES string of the molecule is CCCNC(CCC(C)(C)OC)Cc1c(F)cccc1F. The molecule has 0 aliphatic carbocycles. The maximum absolute atomic E-state index is 13.8. The predicted octanol–water partition coefficient (Wildman–Crippen LogP) is 4.08. The molecule has 0 saturated carbocycles. The Morgan fingerprint density at radius 1 is 1.24 bits per heavy atom. The van der Waals surface area contributed by atoms with Crippen LogP contribution in [0.1, 0.15) is 45.6 Å². The van der Waals surface area contributed by atoms with Crippen molar-refractivity contribution >= 4 is 0 Å². The molecule has 0 heterocycles. The number of hydrogen-bond acceptors (Lipinski definition) is 2. The van der Waals surface area contributed by atoms with E-state index in [9.17, 15) is 8.78 Å². The summed E-state index contributed by atoms with van der Waals surface area (Å²) in [5.41, 5.74) is -0.0544. The van der Waals surface area contributed by atoms with Crippen LogP contribution in [0.4, 0.5) is 8.78 Å². The lowest BCUT2D eigenvalue weighted by molar-refractivity contribution is 0.0117. The van der Waals surface area contributed by atoms with Gasteiger partial charge in [-0.1, -0.05) is 13.0 Å². The third kappa shape index (κ3) is 6.10. The molecule has 0 aliphatic rings. The molecule has 0 bridgehead atoms. The van der Waals surface area contributed by atoms with E-state index in [1.54, 1.807) is 7.11 Å². The highest BCUT2D eigenvalue weighted by Gasteiger charge is 2.21. The molecule has 0 amide bonds. The van der Waals surface area contributed by atoms with E-state index in [1.165, 1.54) is 18.2 Å². The summed E-state index contributed by atoms with van der Waals surface area (Å²) in [4.78, 5) is 0. The van der Waals surface area contributed by atoms with Gasteiger partial charge in [-0.3, -0.25) is 0 Å². The fourth-order valence-electron chi connectivity index (χ4n) is 2.22. The van der Waals surface area contributed by atoms with Crippen molar-refractivity contribution in [3.8, 4) is 0 Å². The summed E-state index contributed by atoms with van der Waals surface area (Å²) in [7, 11) is 1.69. The Morgan fingerprint density at radius 3 is 2.38 bits per heavy atom. The average molecular weight is 299 g/mol. The third-order valence-electron chi connectivity index (χ3n) is 3.84. The minimum Gasteiger partial charge on any atom is -0.379 e. The lowest BCUT2D eigenvalue weighted by atomic mass is 9.94. The first-order valence-corrected chi connectivity index (χ1v) is 7.61. The topological polar surface area (TPSA) is 21.3 Å². The number of methoxy groups -OCH3 is 1. The molecule has 4 heteroatoms. The minimum atomic E-state index is -0.468. The molecule has 1 aromatic rings. The molecule has 21 heavy (non-hydrogen) atoms. The summed E-state index contributed by atoms with van der Waals surface area (Å²) >= 11 is 0. The van der Waals surface area contributed by atoms with Gasteiger partial charge >= 0.3 is 0 Å². The molecule has 1 unspecified atom stereocenters. The second-order valence-electron chi connectivity index (χ2n) is 6.06. The summed E-state index contributed by atoms with van der Waals surface area (Å²) in [6.45, 7) is 6.96. The minimum absolute atomic E-state index is 0.0470. The molecule has 0 aromatic heterocycles. The van der Waals surface area contributed by atoms with Crippen molar-refractivity contribution < 1.29 is 13.5 Å². The van der Waals surface area contributed by atoms with E-state index in [1.807, 2.05) is 13.8 Å². The van der Waals surface area contributed by atoms with Crippen LogP contribution in [0.15, 0.2) is 18.2 Å². The van der Waals surface area contributed by atoms with Gasteiger partial charge in [0.05, 0.1) is 5.60 Å². The van der Waals surface area contributed by atoms with Gasteiger partial charge in [-0.25, -0.2) is 8.78 Å². The van der Waals surface area contributed by atoms with Gasteiger partial charge in [0.2, 0.25) is 0 Å². The predicted molar refractivity (Wildman–Crippen MR) is 82.5 cm³/mol. The molecule has 0 saturated heterocycles. The van der Waals surface area contributed by atoms with Gasteiger partial charge in [0.1, 0.15) is 11.6 Å². The van der Waals surface area contributed by atoms with E-state index >= 15 is 0 Å². The second kappa shape index (κ2) is 8.44. The van der Waals surface area contributed by atoms with Crippen LogP contribution in [-0.4, -0.2) is 25.3 Å². The molecule has 1 N–H and O–H groups in total. The Balaban J connectivity index is 2.73. The molecule has 120 valence electrons. The van der Waals surface area contributed by atoms with E-state index in [4.69, 9.17) is 4.74 Å². The lowest BCUT2D eigenvalue weighted by Gasteiger charge is -2.26. The molecule has 1 aromatic carbocycles. The van der Waals surface area contributed by atoms with E-state index in [-0.39, 0.29) is 17.2 Å². The van der Waals surface area contributed by atoms with Crippen LogP contribution in [0, 0.1) is 11.6 Å². The quantitative estimate of drug-likeness (QED) is 0.742. The highest BCUT2D eigenvalue weighted by atomic mass is 19.1. The van der Waals surface area contributed by atoms with Gasteiger partial charge in [0, 0.05) is 18.7 Å². The normalized spacial score (nSPS) is 13.4. The Labute approximate surface area is 126 Å². The molecule has 0 spiro atoms. The maximum atomic E-state index is 13.8. The second-order valence-corrected chi connectivity index (χ2v) is 6.06. The van der Waals surface area contributed by atoms with Gasteiger partial charge in [-0.05, 0) is 58.2 Å². The molecule has 2 nitrogen and oxygen atoms in total. The highest BCUT2D eigenvalue weighted by molar-refractivity contribution is 5.20. The fourth-order valence-corrected chi connectivity index (χ4v) is 2.22. The fraction of sp³-hybridized carbons (Fsp3) is 0.647. The number of benzene rings is 1. The van der Waals surface area contributed by atoms with Gasteiger partial charge in [-0.15, -0.1) is 0 Å². The zero-order valence-electron chi connectivity index (χ0n) is 13.5. The summed E-state index contributed by atoms with van der Waals surface area (Å²) in [5, 5.41) is 3.38. The van der Waals surface area contributed by atoms with Crippen molar-refractivity contribution in [2.45, 2.75) is 58.1 Å². The number of ether oxygens (including phenoxy) is 1. The summed E-state index contributed by atoms with van der Waals surface area (Å²) < 4.78 is 33.0. The van der Waals surface area contributed by atoms with Gasteiger partial charge in [-0.2, -0.15) is 0 Å². The van der Waals surface area contributed by atoms with E-state index in [2.05, 4.69) is 12.2 Å². The number of halogens is 2. The Morgan fingerprint density at radius 2 is 1.86 bits per heavy atom. The van der Waals surface area contributed by atoms with Crippen molar-refractivity contribution in [1.82, 2.24) is 5.32 Å². The first kappa shape index (κ1) is 18.1. The van der Waals surface area contributed by atoms with Crippen molar-refractivity contribution in [3.63, 3.8) is 0 Å². The highest BCUT2D eigenvalue weighted by Crippen LogP contribution is 2.20. The van der Waals surface area contributed by atoms with Crippen molar-refractivity contribution in [1.29, 1.82) is 0 Å². The van der Waals surface area contributed by atoms with Gasteiger partial charge in [0.15, 0.2) is 0 Å². The number of rotatable bonds is 9. The zero-order chi connectivity index (χ0) is 15.9.